The van der Waals surface area contributed by atoms with Gasteiger partial charge in [-0.25, -0.2) is 0 Å². The largest absolute Gasteiger partial charge is 0.378 e. The lowest BCUT2D eigenvalue weighted by Gasteiger charge is -2.15. The quantitative estimate of drug-likeness (QED) is 0.547. The molecule has 0 bridgehead atoms. The van der Waals surface area contributed by atoms with E-state index in [1.165, 1.54) is 17.3 Å². The molecule has 1 aromatic heterocycles. The number of hydrogen-bond acceptors (Lipinski definition) is 5. The number of carbonyl (C=O) groups excluding carboxylic acids is 1. The second kappa shape index (κ2) is 8.92. The molecule has 1 amide bonds. The number of benzene rings is 2. The molecule has 2 aromatic carbocycles. The summed E-state index contributed by atoms with van der Waals surface area (Å²) in [7, 11) is 3.99. The molecule has 1 aliphatic carbocycles. The molecule has 7 heteroatoms. The van der Waals surface area contributed by atoms with Crippen LogP contribution in [0.15, 0.2) is 59.8 Å². The van der Waals surface area contributed by atoms with Crippen LogP contribution in [0, 0.1) is 0 Å². The van der Waals surface area contributed by atoms with Crippen molar-refractivity contribution in [2.24, 2.45) is 0 Å². The molecule has 1 atom stereocenters. The topological polar surface area (TPSA) is 63.1 Å². The van der Waals surface area contributed by atoms with E-state index in [1.54, 1.807) is 0 Å². The van der Waals surface area contributed by atoms with Crippen molar-refractivity contribution in [1.82, 2.24) is 14.8 Å². The zero-order chi connectivity index (χ0) is 21.1. The van der Waals surface area contributed by atoms with Crippen LogP contribution >= 0.6 is 11.8 Å². The van der Waals surface area contributed by atoms with E-state index in [4.69, 9.17) is 0 Å². The van der Waals surface area contributed by atoms with Crippen LogP contribution in [-0.2, 0) is 11.3 Å². The summed E-state index contributed by atoms with van der Waals surface area (Å²) in [6.45, 7) is 2.63. The molecule has 156 valence electrons. The van der Waals surface area contributed by atoms with Gasteiger partial charge < -0.3 is 14.8 Å². The standard InChI is InChI=1S/C23H27N5OS/c1-16(22(29)24-19-11-13-20(14-12-19)27(2)3)30-23-26-25-21(18-9-10-18)28(23)15-17-7-5-4-6-8-17/h4-8,11-14,16,18H,9-10,15H2,1-3H3,(H,24,29). The van der Waals surface area contributed by atoms with Crippen LogP contribution in [0.1, 0.15) is 37.1 Å². The fourth-order valence-corrected chi connectivity index (χ4v) is 4.10. The summed E-state index contributed by atoms with van der Waals surface area (Å²) in [6.07, 6.45) is 2.33. The van der Waals surface area contributed by atoms with Crippen molar-refractivity contribution in [2.75, 3.05) is 24.3 Å². The number of rotatable bonds is 8. The summed E-state index contributed by atoms with van der Waals surface area (Å²) in [4.78, 5) is 14.8. The highest BCUT2D eigenvalue weighted by Crippen LogP contribution is 2.40. The van der Waals surface area contributed by atoms with Gasteiger partial charge in [0.25, 0.3) is 0 Å². The molecule has 6 nitrogen and oxygen atoms in total. The lowest BCUT2D eigenvalue weighted by molar-refractivity contribution is -0.115. The molecule has 1 fully saturated rings. The first kappa shape index (κ1) is 20.5. The van der Waals surface area contributed by atoms with Gasteiger partial charge in [-0.3, -0.25) is 4.79 Å². The minimum atomic E-state index is -0.288. The van der Waals surface area contributed by atoms with Gasteiger partial charge in [0, 0.05) is 31.4 Å². The number of thioether (sulfide) groups is 1. The number of carbonyl (C=O) groups is 1. The predicted molar refractivity (Wildman–Crippen MR) is 122 cm³/mol. The lowest BCUT2D eigenvalue weighted by Crippen LogP contribution is -2.23. The molecular formula is C23H27N5OS. The number of aromatic nitrogens is 3. The molecule has 1 heterocycles. The molecule has 0 aliphatic heterocycles. The molecule has 0 radical (unpaired) electrons. The number of nitrogens with zero attached hydrogens (tertiary/aromatic N) is 4. The Morgan fingerprint density at radius 3 is 2.47 bits per heavy atom. The highest BCUT2D eigenvalue weighted by atomic mass is 32.2. The minimum Gasteiger partial charge on any atom is -0.378 e. The van der Waals surface area contributed by atoms with Crippen molar-refractivity contribution in [3.8, 4) is 0 Å². The van der Waals surface area contributed by atoms with Gasteiger partial charge in [0.05, 0.1) is 11.8 Å². The van der Waals surface area contributed by atoms with Gasteiger partial charge in [0.1, 0.15) is 5.82 Å². The summed E-state index contributed by atoms with van der Waals surface area (Å²) in [5, 5.41) is 12.4. The smallest absolute Gasteiger partial charge is 0.237 e. The predicted octanol–water partition coefficient (Wildman–Crippen LogP) is 4.39. The van der Waals surface area contributed by atoms with E-state index in [9.17, 15) is 4.79 Å². The molecular weight excluding hydrogens is 394 g/mol. The van der Waals surface area contributed by atoms with Crippen LogP contribution in [0.2, 0.25) is 0 Å². The fraction of sp³-hybridized carbons (Fsp3) is 0.348. The lowest BCUT2D eigenvalue weighted by atomic mass is 10.2. The molecule has 4 rings (SSSR count). The van der Waals surface area contributed by atoms with Crippen LogP contribution in [-0.4, -0.2) is 40.0 Å². The van der Waals surface area contributed by atoms with Crippen LogP contribution < -0.4 is 10.2 Å². The Kier molecular flexibility index (Phi) is 6.08. The highest BCUT2D eigenvalue weighted by molar-refractivity contribution is 8.00. The van der Waals surface area contributed by atoms with Gasteiger partial charge in [-0.15, -0.1) is 10.2 Å². The van der Waals surface area contributed by atoms with Crippen molar-refractivity contribution in [3.05, 3.63) is 66.0 Å². The van der Waals surface area contributed by atoms with Gasteiger partial charge in [-0.2, -0.15) is 0 Å². The van der Waals surface area contributed by atoms with E-state index < -0.39 is 0 Å². The van der Waals surface area contributed by atoms with E-state index in [2.05, 4.69) is 32.2 Å². The van der Waals surface area contributed by atoms with Gasteiger partial charge in [-0.1, -0.05) is 42.1 Å². The summed E-state index contributed by atoms with van der Waals surface area (Å²) in [6, 6.07) is 18.2. The summed E-state index contributed by atoms with van der Waals surface area (Å²) in [5.74, 6) is 1.49. The van der Waals surface area contributed by atoms with E-state index in [0.717, 1.165) is 41.7 Å². The third-order valence-electron chi connectivity index (χ3n) is 5.17. The Labute approximate surface area is 181 Å². The summed E-state index contributed by atoms with van der Waals surface area (Å²) < 4.78 is 2.17. The van der Waals surface area contributed by atoms with Crippen molar-refractivity contribution in [2.45, 2.75) is 42.6 Å². The Bertz CT molecular complexity index is 996. The van der Waals surface area contributed by atoms with E-state index >= 15 is 0 Å². The SMILES string of the molecule is CC(Sc1nnc(C2CC2)n1Cc1ccccc1)C(=O)Nc1ccc(N(C)C)cc1. The molecule has 0 saturated heterocycles. The molecule has 1 saturated carbocycles. The first-order chi connectivity index (χ1) is 14.5. The zero-order valence-corrected chi connectivity index (χ0v) is 18.4. The third-order valence-corrected chi connectivity index (χ3v) is 6.25. The van der Waals surface area contributed by atoms with Crippen molar-refractivity contribution in [1.29, 1.82) is 0 Å². The van der Waals surface area contributed by atoms with Crippen LogP contribution in [0.25, 0.3) is 0 Å². The van der Waals surface area contributed by atoms with E-state index in [0.29, 0.717) is 5.92 Å². The van der Waals surface area contributed by atoms with Gasteiger partial charge in [0.15, 0.2) is 5.16 Å². The maximum Gasteiger partial charge on any atom is 0.237 e. The van der Waals surface area contributed by atoms with Crippen LogP contribution in [0.4, 0.5) is 11.4 Å². The van der Waals surface area contributed by atoms with E-state index in [-0.39, 0.29) is 11.2 Å². The molecule has 1 aliphatic rings. The Morgan fingerprint density at radius 1 is 1.13 bits per heavy atom. The average molecular weight is 422 g/mol. The fourth-order valence-electron chi connectivity index (χ4n) is 3.24. The van der Waals surface area contributed by atoms with Gasteiger partial charge in [0.2, 0.25) is 5.91 Å². The third kappa shape index (κ3) is 4.84. The molecule has 30 heavy (non-hydrogen) atoms. The number of amides is 1. The van der Waals surface area contributed by atoms with Gasteiger partial charge in [-0.05, 0) is 49.6 Å². The second-order valence-electron chi connectivity index (χ2n) is 7.88. The monoisotopic (exact) mass is 421 g/mol. The molecule has 1 N–H and O–H groups in total. The first-order valence-corrected chi connectivity index (χ1v) is 11.1. The van der Waals surface area contributed by atoms with Crippen molar-refractivity contribution >= 4 is 29.0 Å². The van der Waals surface area contributed by atoms with E-state index in [1.807, 2.05) is 68.4 Å². The average Bonchev–Trinajstić information content (AvgIpc) is 3.52. The molecule has 0 spiro atoms. The van der Waals surface area contributed by atoms with Crippen molar-refractivity contribution < 1.29 is 4.79 Å². The zero-order valence-electron chi connectivity index (χ0n) is 17.6. The summed E-state index contributed by atoms with van der Waals surface area (Å²) in [5.41, 5.74) is 3.10. The maximum absolute atomic E-state index is 12.8. The minimum absolute atomic E-state index is 0.0418. The number of nitrogens with one attached hydrogen (secondary N) is 1. The maximum atomic E-state index is 12.8. The number of hydrogen-bond donors (Lipinski definition) is 1. The van der Waals surface area contributed by atoms with Gasteiger partial charge >= 0.3 is 0 Å². The van der Waals surface area contributed by atoms with Crippen molar-refractivity contribution in [3.63, 3.8) is 0 Å². The Hall–Kier alpha value is -2.80. The van der Waals surface area contributed by atoms with Crippen LogP contribution in [0.3, 0.4) is 0 Å². The molecule has 1 unspecified atom stereocenters. The molecule has 3 aromatic rings. The number of anilines is 2. The van der Waals surface area contributed by atoms with Crippen LogP contribution in [0.5, 0.6) is 0 Å². The normalized spacial score (nSPS) is 14.4. The first-order valence-electron chi connectivity index (χ1n) is 10.2. The Morgan fingerprint density at radius 2 is 1.83 bits per heavy atom. The summed E-state index contributed by atoms with van der Waals surface area (Å²) >= 11 is 1.46. The highest BCUT2D eigenvalue weighted by Gasteiger charge is 2.31. The Balaban J connectivity index is 1.45. The second-order valence-corrected chi connectivity index (χ2v) is 9.19.